The first-order chi connectivity index (χ1) is 11.6. The summed E-state index contributed by atoms with van der Waals surface area (Å²) in [5.74, 6) is -1.38. The van der Waals surface area contributed by atoms with Crippen molar-refractivity contribution < 1.29 is 22.7 Å². The van der Waals surface area contributed by atoms with Crippen LogP contribution in [0.25, 0.3) is 17.8 Å². The van der Waals surface area contributed by atoms with Crippen LogP contribution in [0, 0.1) is 0 Å². The number of nitrogens with zero attached hydrogens (tertiary/aromatic N) is 1. The number of carbonyl (C=O) groups is 1. The average molecular weight is 354 g/mol. The molecule has 1 aromatic heterocycles. The molecule has 5 nitrogen and oxygen atoms in total. The van der Waals surface area contributed by atoms with Gasteiger partial charge < -0.3 is 4.74 Å². The lowest BCUT2D eigenvalue weighted by atomic mass is 10.0. The number of methoxy groups -OCH3 is 1. The molecule has 0 saturated carbocycles. The van der Waals surface area contributed by atoms with Crippen LogP contribution in [0.1, 0.15) is 25.3 Å². The Morgan fingerprint density at radius 1 is 1.24 bits per heavy atom. The molecular weight excluding hydrogens is 337 g/mol. The summed E-state index contributed by atoms with van der Waals surface area (Å²) in [6, 6.07) is 6.73. The van der Waals surface area contributed by atoms with E-state index < -0.39 is 28.5 Å². The third kappa shape index (κ3) is 3.52. The Kier molecular flexibility index (Phi) is 4.92. The van der Waals surface area contributed by atoms with Gasteiger partial charge in [-0.3, -0.25) is 9.89 Å². The van der Waals surface area contributed by atoms with Crippen LogP contribution in [0.3, 0.4) is 0 Å². The van der Waals surface area contributed by atoms with Gasteiger partial charge in [0.15, 0.2) is 5.57 Å². The monoisotopic (exact) mass is 354 g/mol. The minimum atomic E-state index is -5.06. The summed E-state index contributed by atoms with van der Waals surface area (Å²) in [4.78, 5) is 24.0. The molecule has 1 aromatic carbocycles. The summed E-state index contributed by atoms with van der Waals surface area (Å²) in [5, 5.41) is 1.30. The summed E-state index contributed by atoms with van der Waals surface area (Å²) in [7, 11) is 0.812. The summed E-state index contributed by atoms with van der Waals surface area (Å²) < 4.78 is 44.8. The molecule has 0 aliphatic heterocycles. The van der Waals surface area contributed by atoms with Crippen molar-refractivity contribution >= 4 is 18.1 Å². The topological polar surface area (TPSA) is 64.1 Å². The lowest BCUT2D eigenvalue weighted by Crippen LogP contribution is -2.42. The second-order valence-corrected chi connectivity index (χ2v) is 5.72. The largest absolute Gasteiger partial charge is 0.465 e. The lowest BCUT2D eigenvalue weighted by Gasteiger charge is -2.08. The van der Waals surface area contributed by atoms with E-state index in [0.29, 0.717) is 5.69 Å². The summed E-state index contributed by atoms with van der Waals surface area (Å²) in [6.45, 7) is 7.40. The highest BCUT2D eigenvalue weighted by molar-refractivity contribution is 6.11. The van der Waals surface area contributed by atoms with Crippen molar-refractivity contribution in [3.8, 4) is 5.69 Å². The van der Waals surface area contributed by atoms with E-state index in [9.17, 15) is 22.8 Å². The zero-order valence-corrected chi connectivity index (χ0v) is 13.9. The maximum absolute atomic E-state index is 13.2. The first kappa shape index (κ1) is 18.6. The number of aromatic nitrogens is 2. The van der Waals surface area contributed by atoms with Crippen LogP contribution in [0.15, 0.2) is 29.1 Å². The zero-order valence-electron chi connectivity index (χ0n) is 13.9. The van der Waals surface area contributed by atoms with Crippen LogP contribution in [0.2, 0.25) is 0 Å². The van der Waals surface area contributed by atoms with Gasteiger partial charge in [-0.1, -0.05) is 32.6 Å². The van der Waals surface area contributed by atoms with Gasteiger partial charge in [-0.2, -0.15) is 13.2 Å². The molecule has 1 heterocycles. The number of H-pyrrole nitrogens is 1. The van der Waals surface area contributed by atoms with Gasteiger partial charge in [-0.05, 0) is 23.6 Å². The number of halogens is 3. The Morgan fingerprint density at radius 3 is 2.24 bits per heavy atom. The van der Waals surface area contributed by atoms with Gasteiger partial charge in [0.25, 0.3) is 5.56 Å². The second kappa shape index (κ2) is 6.62. The first-order valence-electron chi connectivity index (χ1n) is 7.38. The predicted molar refractivity (Wildman–Crippen MR) is 86.7 cm³/mol. The van der Waals surface area contributed by atoms with E-state index in [2.05, 4.69) is 16.4 Å². The number of hydrogen-bond acceptors (Lipinski definition) is 3. The molecular formula is C17H17F3N2O3. The van der Waals surface area contributed by atoms with E-state index in [1.165, 1.54) is 0 Å². The van der Waals surface area contributed by atoms with Gasteiger partial charge >= 0.3 is 12.1 Å². The minimum absolute atomic E-state index is 0.262. The van der Waals surface area contributed by atoms with Crippen molar-refractivity contribution in [3.63, 3.8) is 0 Å². The molecule has 134 valence electrons. The maximum atomic E-state index is 13.2. The summed E-state index contributed by atoms with van der Waals surface area (Å²) in [5.41, 5.74) is -1.37. The normalized spacial score (nSPS) is 13.1. The molecule has 0 amide bonds. The van der Waals surface area contributed by atoms with E-state index in [-0.39, 0.29) is 11.3 Å². The van der Waals surface area contributed by atoms with Crippen LogP contribution in [0.5, 0.6) is 0 Å². The van der Waals surface area contributed by atoms with Crippen LogP contribution in [-0.4, -0.2) is 29.0 Å². The van der Waals surface area contributed by atoms with Gasteiger partial charge in [0.2, 0.25) is 0 Å². The molecule has 0 aliphatic rings. The number of benzene rings is 1. The fourth-order valence-electron chi connectivity index (χ4n) is 2.39. The molecule has 0 radical (unpaired) electrons. The Hall–Kier alpha value is -2.77. The van der Waals surface area contributed by atoms with E-state index >= 15 is 0 Å². The molecule has 0 spiro atoms. The molecule has 8 heteroatoms. The molecule has 0 saturated heterocycles. The van der Waals surface area contributed by atoms with Gasteiger partial charge in [0.1, 0.15) is 0 Å². The zero-order chi connectivity index (χ0) is 18.9. The number of aromatic amines is 1. The molecule has 0 fully saturated rings. The third-order valence-electron chi connectivity index (χ3n) is 3.71. The van der Waals surface area contributed by atoms with Crippen LogP contribution in [-0.2, 0) is 9.53 Å². The van der Waals surface area contributed by atoms with E-state index in [1.807, 2.05) is 13.8 Å². The molecule has 2 rings (SSSR count). The number of ether oxygens (including phenoxy) is 1. The maximum Gasteiger partial charge on any atom is 0.424 e. The molecule has 0 atom stereocenters. The van der Waals surface area contributed by atoms with E-state index in [0.717, 1.165) is 17.4 Å². The summed E-state index contributed by atoms with van der Waals surface area (Å²) >= 11 is 0. The molecule has 2 aromatic rings. The summed E-state index contributed by atoms with van der Waals surface area (Å²) in [6.07, 6.45) is -5.06. The van der Waals surface area contributed by atoms with Crippen molar-refractivity contribution in [3.05, 3.63) is 50.8 Å². The Balaban J connectivity index is 2.77. The predicted octanol–water partition coefficient (Wildman–Crippen LogP) is 1.59. The first-order valence-corrected chi connectivity index (χ1v) is 7.38. The molecule has 25 heavy (non-hydrogen) atoms. The number of carbonyl (C=O) groups excluding carboxylic acids is 1. The number of rotatable bonds is 3. The lowest BCUT2D eigenvalue weighted by molar-refractivity contribution is -0.140. The minimum Gasteiger partial charge on any atom is -0.465 e. The fourth-order valence-corrected chi connectivity index (χ4v) is 2.39. The average Bonchev–Trinajstić information content (AvgIpc) is 2.82. The SMILES string of the molecule is C=c1[nH]n(-c2ccc(C(C)C)cc2)c(=O)c1=C(C(=O)OC)C(F)(F)F. The smallest absolute Gasteiger partial charge is 0.424 e. The number of hydrogen-bond donors (Lipinski definition) is 1. The highest BCUT2D eigenvalue weighted by Gasteiger charge is 2.41. The van der Waals surface area contributed by atoms with Gasteiger partial charge in [0.05, 0.1) is 23.4 Å². The van der Waals surface area contributed by atoms with Gasteiger partial charge in [-0.25, -0.2) is 9.48 Å². The highest BCUT2D eigenvalue weighted by Crippen LogP contribution is 2.26. The standard InChI is InChI=1S/C17H17F3N2O3/c1-9(2)11-5-7-12(8-6-11)22-15(23)13(10(3)21-22)14(16(24)25-4)17(18,19)20/h5-9,21H,3H2,1-2,4H3. The highest BCUT2D eigenvalue weighted by atomic mass is 19.4. The van der Waals surface area contributed by atoms with Crippen molar-refractivity contribution in [2.24, 2.45) is 0 Å². The van der Waals surface area contributed by atoms with Crippen LogP contribution < -0.4 is 16.1 Å². The van der Waals surface area contributed by atoms with Crippen molar-refractivity contribution in [2.75, 3.05) is 7.11 Å². The van der Waals surface area contributed by atoms with Crippen molar-refractivity contribution in [1.82, 2.24) is 9.78 Å². The van der Waals surface area contributed by atoms with Gasteiger partial charge in [-0.15, -0.1) is 0 Å². The Bertz CT molecular complexity index is 951. The molecule has 0 aliphatic carbocycles. The van der Waals surface area contributed by atoms with Crippen molar-refractivity contribution in [1.29, 1.82) is 0 Å². The fraction of sp³-hybridized carbons (Fsp3) is 0.294. The number of nitrogens with one attached hydrogen (secondary N) is 1. The van der Waals surface area contributed by atoms with Crippen LogP contribution in [0.4, 0.5) is 13.2 Å². The molecule has 0 unspecified atom stereocenters. The van der Waals surface area contributed by atoms with Gasteiger partial charge in [0, 0.05) is 0 Å². The quantitative estimate of drug-likeness (QED) is 0.852. The van der Waals surface area contributed by atoms with E-state index in [1.54, 1.807) is 24.3 Å². The Labute approximate surface area is 141 Å². The Morgan fingerprint density at radius 2 is 1.80 bits per heavy atom. The third-order valence-corrected chi connectivity index (χ3v) is 3.71. The number of esters is 1. The molecule has 0 bridgehead atoms. The van der Waals surface area contributed by atoms with Crippen molar-refractivity contribution in [2.45, 2.75) is 25.9 Å². The molecule has 1 N–H and O–H groups in total. The second-order valence-electron chi connectivity index (χ2n) is 5.72. The van der Waals surface area contributed by atoms with E-state index in [4.69, 9.17) is 0 Å². The van der Waals surface area contributed by atoms with Crippen LogP contribution >= 0.6 is 0 Å². The number of alkyl halides is 3.